The normalized spacial score (nSPS) is 20.2. The summed E-state index contributed by atoms with van der Waals surface area (Å²) in [6.45, 7) is 4.59. The van der Waals surface area contributed by atoms with Crippen molar-refractivity contribution in [1.29, 1.82) is 0 Å². The van der Waals surface area contributed by atoms with Gasteiger partial charge in [0, 0.05) is 36.0 Å². The Morgan fingerprint density at radius 1 is 1.25 bits per heavy atom. The molecule has 3 aromatic heterocycles. The minimum absolute atomic E-state index is 0.00150. The van der Waals surface area contributed by atoms with Gasteiger partial charge in [-0.15, -0.1) is 11.3 Å². The molecule has 1 aromatic carbocycles. The number of nitrogens with zero attached hydrogens (tertiary/aromatic N) is 3. The standard InChI is InChI=1S/C20H21N5O2S/c1-13-12-28-20-21-14(10-18(26)24(13)20)11-23-8-6-15(7-9-23)25-17-5-3-2-4-16(17)22-19(25)27/h2-5,10,12,15H,6-9,11H2,1H3,(H,22,27)/p+1. The van der Waals surface area contributed by atoms with Crippen LogP contribution >= 0.6 is 11.3 Å². The largest absolute Gasteiger partial charge is 0.330 e. The zero-order valence-electron chi connectivity index (χ0n) is 15.6. The molecule has 1 aliphatic heterocycles. The number of para-hydroxylation sites is 2. The van der Waals surface area contributed by atoms with Gasteiger partial charge in [0.15, 0.2) is 4.96 Å². The first kappa shape index (κ1) is 17.4. The summed E-state index contributed by atoms with van der Waals surface area (Å²) < 4.78 is 3.58. The van der Waals surface area contributed by atoms with Crippen molar-refractivity contribution in [2.45, 2.75) is 32.4 Å². The van der Waals surface area contributed by atoms with E-state index in [1.165, 1.54) is 16.2 Å². The number of likely N-dealkylation sites (tertiary alicyclic amines) is 1. The van der Waals surface area contributed by atoms with Crippen LogP contribution in [0.2, 0.25) is 0 Å². The van der Waals surface area contributed by atoms with Crippen LogP contribution in [0, 0.1) is 6.92 Å². The van der Waals surface area contributed by atoms with E-state index in [9.17, 15) is 9.59 Å². The molecule has 1 fully saturated rings. The lowest BCUT2D eigenvalue weighted by Gasteiger charge is -2.29. The van der Waals surface area contributed by atoms with Crippen LogP contribution in [0.5, 0.6) is 0 Å². The summed E-state index contributed by atoms with van der Waals surface area (Å²) in [5, 5.41) is 1.96. The van der Waals surface area contributed by atoms with Crippen molar-refractivity contribution in [3.05, 3.63) is 67.9 Å². The van der Waals surface area contributed by atoms with Gasteiger partial charge in [0.05, 0.1) is 24.1 Å². The number of rotatable bonds is 3. The average Bonchev–Trinajstić information content (AvgIpc) is 3.22. The van der Waals surface area contributed by atoms with E-state index in [1.807, 2.05) is 41.1 Å². The first-order chi connectivity index (χ1) is 13.6. The van der Waals surface area contributed by atoms with Gasteiger partial charge >= 0.3 is 5.69 Å². The van der Waals surface area contributed by atoms with E-state index < -0.39 is 0 Å². The molecule has 5 rings (SSSR count). The predicted molar refractivity (Wildman–Crippen MR) is 109 cm³/mol. The fourth-order valence-corrected chi connectivity index (χ4v) is 5.22. The number of nitrogens with one attached hydrogen (secondary N) is 2. The maximum absolute atomic E-state index is 12.4. The second-order valence-electron chi connectivity index (χ2n) is 7.56. The van der Waals surface area contributed by atoms with Crippen LogP contribution in [0.4, 0.5) is 0 Å². The molecular formula is C20H22N5O2S+. The van der Waals surface area contributed by atoms with Crippen LogP contribution in [0.25, 0.3) is 16.0 Å². The molecule has 0 unspecified atom stereocenters. The van der Waals surface area contributed by atoms with Gasteiger partial charge < -0.3 is 9.88 Å². The number of hydrogen-bond acceptors (Lipinski definition) is 4. The lowest BCUT2D eigenvalue weighted by molar-refractivity contribution is -0.919. The molecule has 28 heavy (non-hydrogen) atoms. The number of hydrogen-bond donors (Lipinski definition) is 2. The number of imidazole rings is 1. The first-order valence-electron chi connectivity index (χ1n) is 9.60. The minimum Gasteiger partial charge on any atom is -0.330 e. The quantitative estimate of drug-likeness (QED) is 0.545. The van der Waals surface area contributed by atoms with Gasteiger partial charge in [0.25, 0.3) is 5.56 Å². The number of fused-ring (bicyclic) bond motifs is 2. The van der Waals surface area contributed by atoms with Crippen LogP contribution in [0.3, 0.4) is 0 Å². The minimum atomic E-state index is -0.0251. The molecule has 4 aromatic rings. The Bertz CT molecular complexity index is 1270. The smallest absolute Gasteiger partial charge is 0.326 e. The third kappa shape index (κ3) is 2.89. The van der Waals surface area contributed by atoms with Gasteiger partial charge in [-0.3, -0.25) is 13.8 Å². The highest BCUT2D eigenvalue weighted by Gasteiger charge is 2.26. The van der Waals surface area contributed by atoms with Crippen molar-refractivity contribution in [1.82, 2.24) is 18.9 Å². The summed E-state index contributed by atoms with van der Waals surface area (Å²) in [6.07, 6.45) is 1.88. The number of aromatic nitrogens is 4. The van der Waals surface area contributed by atoms with Crippen LogP contribution < -0.4 is 16.1 Å². The van der Waals surface area contributed by atoms with Crippen molar-refractivity contribution in [2.24, 2.45) is 0 Å². The van der Waals surface area contributed by atoms with E-state index in [2.05, 4.69) is 9.97 Å². The fraction of sp³-hybridized carbons (Fsp3) is 0.350. The average molecular weight is 396 g/mol. The lowest BCUT2D eigenvalue weighted by Crippen LogP contribution is -3.11. The molecule has 0 saturated carbocycles. The summed E-state index contributed by atoms with van der Waals surface area (Å²) in [5.41, 5.74) is 3.63. The van der Waals surface area contributed by atoms with E-state index in [1.54, 1.807) is 10.5 Å². The Kier molecular flexibility index (Phi) is 4.17. The van der Waals surface area contributed by atoms with Gasteiger partial charge in [-0.1, -0.05) is 12.1 Å². The summed E-state index contributed by atoms with van der Waals surface area (Å²) >= 11 is 1.51. The number of piperidine rings is 1. The van der Waals surface area contributed by atoms with Gasteiger partial charge in [-0.2, -0.15) is 0 Å². The molecule has 1 saturated heterocycles. The number of aromatic amines is 1. The highest BCUT2D eigenvalue weighted by atomic mass is 32.1. The third-order valence-electron chi connectivity index (χ3n) is 5.71. The zero-order chi connectivity index (χ0) is 19.3. The van der Waals surface area contributed by atoms with Gasteiger partial charge in [0.1, 0.15) is 12.2 Å². The van der Waals surface area contributed by atoms with E-state index >= 15 is 0 Å². The molecular weight excluding hydrogens is 374 g/mol. The second kappa shape index (κ2) is 6.72. The topological polar surface area (TPSA) is 76.6 Å². The first-order valence-corrected chi connectivity index (χ1v) is 10.5. The van der Waals surface area contributed by atoms with Crippen molar-refractivity contribution in [2.75, 3.05) is 13.1 Å². The van der Waals surface area contributed by atoms with Crippen molar-refractivity contribution in [3.63, 3.8) is 0 Å². The van der Waals surface area contributed by atoms with Gasteiger partial charge in [-0.25, -0.2) is 9.78 Å². The van der Waals surface area contributed by atoms with Crippen LogP contribution in [-0.2, 0) is 6.54 Å². The summed E-state index contributed by atoms with van der Waals surface area (Å²) in [5.74, 6) is 0. The molecule has 7 nitrogen and oxygen atoms in total. The highest BCUT2D eigenvalue weighted by molar-refractivity contribution is 7.15. The lowest BCUT2D eigenvalue weighted by atomic mass is 10.0. The maximum Gasteiger partial charge on any atom is 0.326 e. The van der Waals surface area contributed by atoms with E-state index in [0.717, 1.165) is 59.9 Å². The molecule has 0 atom stereocenters. The molecule has 0 bridgehead atoms. The second-order valence-corrected chi connectivity index (χ2v) is 8.39. The Balaban J connectivity index is 1.33. The molecule has 2 N–H and O–H groups in total. The number of benzene rings is 1. The van der Waals surface area contributed by atoms with Crippen LogP contribution in [-0.4, -0.2) is 32.0 Å². The Labute approximate surface area is 164 Å². The molecule has 0 spiro atoms. The Morgan fingerprint density at radius 3 is 2.86 bits per heavy atom. The highest BCUT2D eigenvalue weighted by Crippen LogP contribution is 2.20. The van der Waals surface area contributed by atoms with Crippen LogP contribution in [0.1, 0.15) is 30.3 Å². The molecule has 1 aliphatic rings. The molecule has 0 amide bonds. The third-order valence-corrected chi connectivity index (χ3v) is 6.65. The van der Waals surface area contributed by atoms with E-state index in [0.29, 0.717) is 0 Å². The molecule has 8 heteroatoms. The summed E-state index contributed by atoms with van der Waals surface area (Å²) in [4.78, 5) is 34.6. The number of thiazole rings is 1. The van der Waals surface area contributed by atoms with Crippen molar-refractivity contribution < 1.29 is 4.90 Å². The van der Waals surface area contributed by atoms with Crippen molar-refractivity contribution >= 4 is 27.3 Å². The maximum atomic E-state index is 12.4. The van der Waals surface area contributed by atoms with Crippen LogP contribution in [0.15, 0.2) is 45.3 Å². The van der Waals surface area contributed by atoms with E-state index in [4.69, 9.17) is 0 Å². The SMILES string of the molecule is Cc1csc2nc(C[NH+]3CCC(n4c(=O)[nH]c5ccccc54)CC3)cc(=O)n12. The van der Waals surface area contributed by atoms with Gasteiger partial charge in [-0.05, 0) is 19.1 Å². The Hall–Kier alpha value is -2.71. The monoisotopic (exact) mass is 396 g/mol. The van der Waals surface area contributed by atoms with Gasteiger partial charge in [0.2, 0.25) is 0 Å². The number of quaternary nitrogens is 1. The Morgan fingerprint density at radius 2 is 2.04 bits per heavy atom. The zero-order valence-corrected chi connectivity index (χ0v) is 16.5. The van der Waals surface area contributed by atoms with E-state index in [-0.39, 0.29) is 17.3 Å². The predicted octanol–water partition coefficient (Wildman–Crippen LogP) is 1.13. The molecule has 0 radical (unpaired) electrons. The molecule has 144 valence electrons. The number of aryl methyl sites for hydroxylation is 1. The molecule has 4 heterocycles. The molecule has 0 aliphatic carbocycles. The summed E-state index contributed by atoms with van der Waals surface area (Å²) in [7, 11) is 0. The summed E-state index contributed by atoms with van der Waals surface area (Å²) in [6, 6.07) is 9.74. The number of H-pyrrole nitrogens is 1. The fourth-order valence-electron chi connectivity index (χ4n) is 4.33. The van der Waals surface area contributed by atoms with Crippen molar-refractivity contribution in [3.8, 4) is 0 Å².